The molecule has 0 aliphatic heterocycles. The van der Waals surface area contributed by atoms with E-state index in [1.165, 1.54) is 11.3 Å². The molecule has 13 heavy (non-hydrogen) atoms. The zero-order chi connectivity index (χ0) is 9.68. The summed E-state index contributed by atoms with van der Waals surface area (Å²) in [4.78, 5) is 21.3. The molecule has 1 heterocycles. The fourth-order valence-corrected chi connectivity index (χ4v) is 1.28. The van der Waals surface area contributed by atoms with Gasteiger partial charge in [0.2, 0.25) is 5.78 Å². The number of Topliss-reactive ketones (excluding diaryl/α,β-unsaturated/α-hetero) is 1. The second kappa shape index (κ2) is 4.36. The van der Waals surface area contributed by atoms with Crippen LogP contribution in [0.25, 0.3) is 0 Å². The predicted molar refractivity (Wildman–Crippen MR) is 49.9 cm³/mol. The van der Waals surface area contributed by atoms with E-state index in [0.29, 0.717) is 5.56 Å². The van der Waals surface area contributed by atoms with E-state index in [1.54, 1.807) is 16.8 Å². The number of hydrazone groups is 1. The lowest BCUT2D eigenvalue weighted by atomic mass is 10.2. The van der Waals surface area contributed by atoms with E-state index in [4.69, 9.17) is 5.73 Å². The second-order valence-electron chi connectivity index (χ2n) is 2.11. The lowest BCUT2D eigenvalue weighted by Crippen LogP contribution is -2.24. The standard InChI is InChI=1S/C7H7N3O2S/c8-7(12)10-9-3-6(11)5-1-2-13-4-5/h1-4H,(H3,8,10,12)/b9-3+. The highest BCUT2D eigenvalue weighted by Gasteiger charge is 2.01. The fourth-order valence-electron chi connectivity index (χ4n) is 0.634. The molecule has 6 heteroatoms. The van der Waals surface area contributed by atoms with Crippen LogP contribution < -0.4 is 11.2 Å². The number of amides is 2. The number of ketones is 1. The molecule has 0 fully saturated rings. The predicted octanol–water partition coefficient (Wildman–Crippen LogP) is 0.585. The summed E-state index contributed by atoms with van der Waals surface area (Å²) in [7, 11) is 0. The van der Waals surface area contributed by atoms with E-state index in [9.17, 15) is 9.59 Å². The molecule has 0 spiro atoms. The molecule has 1 aromatic rings. The van der Waals surface area contributed by atoms with Crippen LogP contribution >= 0.6 is 11.3 Å². The average molecular weight is 197 g/mol. The van der Waals surface area contributed by atoms with Crippen LogP contribution in [0.1, 0.15) is 10.4 Å². The van der Waals surface area contributed by atoms with Crippen molar-refractivity contribution < 1.29 is 9.59 Å². The summed E-state index contributed by atoms with van der Waals surface area (Å²) in [5.41, 5.74) is 7.20. The van der Waals surface area contributed by atoms with Gasteiger partial charge in [-0.1, -0.05) is 0 Å². The van der Waals surface area contributed by atoms with E-state index in [-0.39, 0.29) is 5.78 Å². The minimum absolute atomic E-state index is 0.269. The molecule has 68 valence electrons. The topological polar surface area (TPSA) is 84.6 Å². The highest BCUT2D eigenvalue weighted by Crippen LogP contribution is 2.05. The van der Waals surface area contributed by atoms with Crippen LogP contribution in [0.15, 0.2) is 21.9 Å². The van der Waals surface area contributed by atoms with Gasteiger partial charge in [0.15, 0.2) is 0 Å². The van der Waals surface area contributed by atoms with Gasteiger partial charge < -0.3 is 5.73 Å². The Morgan fingerprint density at radius 3 is 2.92 bits per heavy atom. The van der Waals surface area contributed by atoms with Crippen LogP contribution in [-0.4, -0.2) is 18.0 Å². The van der Waals surface area contributed by atoms with Crippen molar-refractivity contribution in [2.45, 2.75) is 0 Å². The Morgan fingerprint density at radius 2 is 2.38 bits per heavy atom. The molecule has 0 aliphatic carbocycles. The fraction of sp³-hybridized carbons (Fsp3) is 0. The van der Waals surface area contributed by atoms with Crippen molar-refractivity contribution in [2.24, 2.45) is 10.8 Å². The Labute approximate surface area is 78.2 Å². The van der Waals surface area contributed by atoms with Crippen molar-refractivity contribution in [3.63, 3.8) is 0 Å². The zero-order valence-corrected chi connectivity index (χ0v) is 7.38. The van der Waals surface area contributed by atoms with Crippen molar-refractivity contribution in [1.82, 2.24) is 5.43 Å². The third-order valence-electron chi connectivity index (χ3n) is 1.16. The SMILES string of the molecule is NC(=O)N/N=C/C(=O)c1ccsc1. The van der Waals surface area contributed by atoms with E-state index in [2.05, 4.69) is 5.10 Å². The largest absolute Gasteiger partial charge is 0.350 e. The quantitative estimate of drug-likeness (QED) is 0.422. The molecule has 0 atom stereocenters. The number of primary amides is 1. The highest BCUT2D eigenvalue weighted by molar-refractivity contribution is 7.08. The van der Waals surface area contributed by atoms with Crippen molar-refractivity contribution in [3.8, 4) is 0 Å². The van der Waals surface area contributed by atoms with E-state index in [1.807, 2.05) is 5.43 Å². The molecule has 3 N–H and O–H groups in total. The van der Waals surface area contributed by atoms with Crippen LogP contribution in [0.4, 0.5) is 4.79 Å². The van der Waals surface area contributed by atoms with Crippen molar-refractivity contribution in [1.29, 1.82) is 0 Å². The number of nitrogens with one attached hydrogen (secondary N) is 1. The average Bonchev–Trinajstić information content (AvgIpc) is 2.55. The van der Waals surface area contributed by atoms with Crippen LogP contribution in [-0.2, 0) is 0 Å². The number of nitrogens with zero attached hydrogens (tertiary/aromatic N) is 1. The van der Waals surface area contributed by atoms with Crippen LogP contribution in [0.5, 0.6) is 0 Å². The monoisotopic (exact) mass is 197 g/mol. The van der Waals surface area contributed by atoms with Gasteiger partial charge in [-0.2, -0.15) is 16.4 Å². The molecule has 1 aromatic heterocycles. The molecular weight excluding hydrogens is 190 g/mol. The van der Waals surface area contributed by atoms with Crippen LogP contribution in [0, 0.1) is 0 Å². The zero-order valence-electron chi connectivity index (χ0n) is 6.56. The Balaban J connectivity index is 2.51. The Kier molecular flexibility index (Phi) is 3.15. The van der Waals surface area contributed by atoms with Gasteiger partial charge in [0, 0.05) is 10.9 Å². The number of carbonyl (C=O) groups is 2. The number of thiophene rings is 1. The molecule has 1 rings (SSSR count). The van der Waals surface area contributed by atoms with Gasteiger partial charge in [-0.3, -0.25) is 4.79 Å². The number of hydrogen-bond donors (Lipinski definition) is 2. The van der Waals surface area contributed by atoms with E-state index < -0.39 is 6.03 Å². The third kappa shape index (κ3) is 3.04. The maximum Gasteiger partial charge on any atom is 0.332 e. The maximum atomic E-state index is 11.2. The smallest absolute Gasteiger partial charge is 0.332 e. The summed E-state index contributed by atoms with van der Waals surface area (Å²) < 4.78 is 0. The molecule has 0 bridgehead atoms. The first-order valence-corrected chi connectivity index (χ1v) is 4.29. The number of nitrogens with two attached hydrogens (primary N) is 1. The molecule has 0 saturated heterocycles. The van der Waals surface area contributed by atoms with Gasteiger partial charge >= 0.3 is 6.03 Å². The molecular formula is C7H7N3O2S. The molecule has 2 amide bonds. The Hall–Kier alpha value is -1.69. The Bertz CT molecular complexity index is 332. The molecule has 0 unspecified atom stereocenters. The summed E-state index contributed by atoms with van der Waals surface area (Å²) in [6.45, 7) is 0. The summed E-state index contributed by atoms with van der Waals surface area (Å²) in [5.74, 6) is -0.269. The molecule has 0 aliphatic rings. The van der Waals surface area contributed by atoms with Crippen molar-refractivity contribution >= 4 is 29.4 Å². The van der Waals surface area contributed by atoms with Gasteiger partial charge in [-0.05, 0) is 11.4 Å². The van der Waals surface area contributed by atoms with Gasteiger partial charge in [0.05, 0.1) is 6.21 Å². The lowest BCUT2D eigenvalue weighted by molar-refractivity contribution is 0.107. The number of carbonyl (C=O) groups excluding carboxylic acids is 2. The molecule has 0 aromatic carbocycles. The Morgan fingerprint density at radius 1 is 1.62 bits per heavy atom. The normalized spacial score (nSPS) is 10.2. The maximum absolute atomic E-state index is 11.2. The first-order valence-electron chi connectivity index (χ1n) is 3.35. The first-order chi connectivity index (χ1) is 6.20. The van der Waals surface area contributed by atoms with Crippen LogP contribution in [0.2, 0.25) is 0 Å². The highest BCUT2D eigenvalue weighted by atomic mass is 32.1. The third-order valence-corrected chi connectivity index (χ3v) is 1.85. The molecule has 5 nitrogen and oxygen atoms in total. The number of hydrogen-bond acceptors (Lipinski definition) is 4. The molecule has 0 saturated carbocycles. The van der Waals surface area contributed by atoms with E-state index in [0.717, 1.165) is 6.21 Å². The summed E-state index contributed by atoms with van der Waals surface area (Å²) >= 11 is 1.41. The lowest BCUT2D eigenvalue weighted by Gasteiger charge is -1.89. The van der Waals surface area contributed by atoms with Crippen LogP contribution in [0.3, 0.4) is 0 Å². The van der Waals surface area contributed by atoms with E-state index >= 15 is 0 Å². The van der Waals surface area contributed by atoms with Gasteiger partial charge in [0.1, 0.15) is 0 Å². The summed E-state index contributed by atoms with van der Waals surface area (Å²) in [5, 5.41) is 6.81. The first kappa shape index (κ1) is 9.40. The number of rotatable bonds is 3. The minimum atomic E-state index is -0.797. The van der Waals surface area contributed by atoms with Crippen molar-refractivity contribution in [3.05, 3.63) is 22.4 Å². The molecule has 0 radical (unpaired) electrons. The van der Waals surface area contributed by atoms with Gasteiger partial charge in [-0.25, -0.2) is 10.2 Å². The van der Waals surface area contributed by atoms with Crippen molar-refractivity contribution in [2.75, 3.05) is 0 Å². The van der Waals surface area contributed by atoms with Gasteiger partial charge in [-0.15, -0.1) is 0 Å². The summed E-state index contributed by atoms with van der Waals surface area (Å²) in [6.07, 6.45) is 1.01. The number of urea groups is 1. The summed E-state index contributed by atoms with van der Waals surface area (Å²) in [6, 6.07) is 0.873. The minimum Gasteiger partial charge on any atom is -0.350 e. The van der Waals surface area contributed by atoms with Gasteiger partial charge in [0.25, 0.3) is 0 Å². The second-order valence-corrected chi connectivity index (χ2v) is 2.89.